The molecule has 1 aromatic rings. The average molecular weight is 320 g/mol. The van der Waals surface area contributed by atoms with Gasteiger partial charge in [-0.2, -0.15) is 0 Å². The van der Waals surface area contributed by atoms with Gasteiger partial charge in [-0.15, -0.1) is 0 Å². The van der Waals surface area contributed by atoms with Crippen LogP contribution < -0.4 is 0 Å². The molecule has 1 fully saturated rings. The van der Waals surface area contributed by atoms with Gasteiger partial charge in [0, 0.05) is 18.6 Å². The van der Waals surface area contributed by atoms with Crippen LogP contribution in [0.3, 0.4) is 0 Å². The van der Waals surface area contributed by atoms with Gasteiger partial charge in [0.2, 0.25) is 0 Å². The summed E-state index contributed by atoms with van der Waals surface area (Å²) in [7, 11) is 4.20. The summed E-state index contributed by atoms with van der Waals surface area (Å²) in [6, 6.07) is 10.4. The summed E-state index contributed by atoms with van der Waals surface area (Å²) in [5.74, 6) is 0. The Balaban J connectivity index is 1.88. The normalized spacial score (nSPS) is 21.2. The lowest BCUT2D eigenvalue weighted by molar-refractivity contribution is 0.0556. The predicted octanol–water partition coefficient (Wildman–Crippen LogP) is 2.49. The molecule has 0 aromatic heterocycles. The highest BCUT2D eigenvalue weighted by atomic mass is 16.6. The molecule has 0 aliphatic heterocycles. The number of hydrogen-bond donors (Lipinski definition) is 1. The molecule has 1 N–H and O–H groups in total. The fraction of sp³-hybridized carbons (Fsp3) is 0.611. The third-order valence-corrected chi connectivity index (χ3v) is 4.62. The quantitative estimate of drug-likeness (QED) is 0.875. The van der Waals surface area contributed by atoms with Gasteiger partial charge in [0.25, 0.3) is 0 Å². The summed E-state index contributed by atoms with van der Waals surface area (Å²) in [5, 5.41) is 9.28. The molecule has 5 heteroatoms. The number of ether oxygens (including phenoxy) is 1. The number of carbonyl (C=O) groups is 1. The SMILES string of the molecule is CN(C)C1CCC(N(CCO)C(=O)OCc2ccccc2)CC1. The summed E-state index contributed by atoms with van der Waals surface area (Å²) in [6.45, 7) is 0.577. The van der Waals surface area contributed by atoms with Gasteiger partial charge in [0.05, 0.1) is 6.61 Å². The highest BCUT2D eigenvalue weighted by molar-refractivity contribution is 5.68. The lowest BCUT2D eigenvalue weighted by atomic mass is 9.89. The van der Waals surface area contributed by atoms with E-state index in [0.29, 0.717) is 12.6 Å². The smallest absolute Gasteiger partial charge is 0.410 e. The molecule has 0 unspecified atom stereocenters. The molecule has 2 rings (SSSR count). The Morgan fingerprint density at radius 1 is 1.13 bits per heavy atom. The van der Waals surface area contributed by atoms with Gasteiger partial charge in [0.1, 0.15) is 6.61 Å². The van der Waals surface area contributed by atoms with Crippen molar-refractivity contribution < 1.29 is 14.6 Å². The molecule has 0 atom stereocenters. The van der Waals surface area contributed by atoms with E-state index >= 15 is 0 Å². The van der Waals surface area contributed by atoms with Crippen molar-refractivity contribution >= 4 is 6.09 Å². The molecular formula is C18H28N2O3. The second-order valence-electron chi connectivity index (χ2n) is 6.38. The van der Waals surface area contributed by atoms with E-state index in [1.165, 1.54) is 0 Å². The third kappa shape index (κ3) is 5.22. The number of aliphatic hydroxyl groups excluding tert-OH is 1. The minimum Gasteiger partial charge on any atom is -0.445 e. The summed E-state index contributed by atoms with van der Waals surface area (Å²) < 4.78 is 5.44. The van der Waals surface area contributed by atoms with Crippen molar-refractivity contribution in [2.45, 2.75) is 44.4 Å². The Labute approximate surface area is 138 Å². The molecule has 1 aromatic carbocycles. The van der Waals surface area contributed by atoms with Crippen LogP contribution in [0.5, 0.6) is 0 Å². The van der Waals surface area contributed by atoms with Crippen molar-refractivity contribution in [3.05, 3.63) is 35.9 Å². The Bertz CT molecular complexity index is 470. The van der Waals surface area contributed by atoms with E-state index in [4.69, 9.17) is 4.74 Å². The predicted molar refractivity (Wildman–Crippen MR) is 90.1 cm³/mol. The topological polar surface area (TPSA) is 53.0 Å². The molecule has 1 amide bonds. The summed E-state index contributed by atoms with van der Waals surface area (Å²) in [5.41, 5.74) is 0.973. The zero-order chi connectivity index (χ0) is 16.7. The first-order valence-corrected chi connectivity index (χ1v) is 8.36. The molecule has 0 saturated heterocycles. The molecular weight excluding hydrogens is 292 g/mol. The van der Waals surface area contributed by atoms with Gasteiger partial charge in [0.15, 0.2) is 0 Å². The minimum atomic E-state index is -0.323. The van der Waals surface area contributed by atoms with E-state index < -0.39 is 0 Å². The average Bonchev–Trinajstić information content (AvgIpc) is 2.58. The number of benzene rings is 1. The van der Waals surface area contributed by atoms with Crippen LogP contribution in [0.4, 0.5) is 4.79 Å². The molecule has 1 aliphatic rings. The summed E-state index contributed by atoms with van der Waals surface area (Å²) in [6.07, 6.45) is 3.75. The van der Waals surface area contributed by atoms with Gasteiger partial charge in [-0.3, -0.25) is 0 Å². The standard InChI is InChI=1S/C18H28N2O3/c1-19(2)16-8-10-17(11-9-16)20(12-13-21)18(22)23-14-15-6-4-3-5-7-15/h3-7,16-17,21H,8-14H2,1-2H3. The van der Waals surface area contributed by atoms with Crippen molar-refractivity contribution in [2.75, 3.05) is 27.2 Å². The Kier molecular flexibility index (Phi) is 6.86. The molecule has 0 radical (unpaired) electrons. The fourth-order valence-corrected chi connectivity index (χ4v) is 3.22. The first kappa shape index (κ1) is 17.8. The van der Waals surface area contributed by atoms with Crippen molar-refractivity contribution in [2.24, 2.45) is 0 Å². The molecule has 5 nitrogen and oxygen atoms in total. The number of rotatable bonds is 6. The highest BCUT2D eigenvalue weighted by Crippen LogP contribution is 2.26. The van der Waals surface area contributed by atoms with Gasteiger partial charge >= 0.3 is 6.09 Å². The van der Waals surface area contributed by atoms with Crippen molar-refractivity contribution in [1.29, 1.82) is 0 Å². The van der Waals surface area contributed by atoms with Crippen LogP contribution in [0.25, 0.3) is 0 Å². The van der Waals surface area contributed by atoms with Crippen molar-refractivity contribution in [1.82, 2.24) is 9.80 Å². The van der Waals surface area contributed by atoms with Crippen LogP contribution in [-0.4, -0.2) is 60.3 Å². The Morgan fingerprint density at radius 3 is 2.30 bits per heavy atom. The van der Waals surface area contributed by atoms with Crippen LogP contribution in [0.15, 0.2) is 30.3 Å². The maximum atomic E-state index is 12.4. The fourth-order valence-electron chi connectivity index (χ4n) is 3.22. The zero-order valence-electron chi connectivity index (χ0n) is 14.1. The van der Waals surface area contributed by atoms with Gasteiger partial charge < -0.3 is 19.6 Å². The van der Waals surface area contributed by atoms with E-state index in [1.807, 2.05) is 30.3 Å². The van der Waals surface area contributed by atoms with Crippen LogP contribution in [-0.2, 0) is 11.3 Å². The van der Waals surface area contributed by atoms with E-state index in [-0.39, 0.29) is 25.3 Å². The highest BCUT2D eigenvalue weighted by Gasteiger charge is 2.30. The van der Waals surface area contributed by atoms with E-state index in [0.717, 1.165) is 31.2 Å². The number of amides is 1. The Hall–Kier alpha value is -1.59. The Morgan fingerprint density at radius 2 is 1.74 bits per heavy atom. The number of nitrogens with zero attached hydrogens (tertiary/aromatic N) is 2. The maximum Gasteiger partial charge on any atom is 0.410 e. The van der Waals surface area contributed by atoms with E-state index in [2.05, 4.69) is 19.0 Å². The number of hydrogen-bond acceptors (Lipinski definition) is 4. The van der Waals surface area contributed by atoms with Gasteiger partial charge in [-0.1, -0.05) is 30.3 Å². The molecule has 1 aliphatic carbocycles. The van der Waals surface area contributed by atoms with Crippen LogP contribution in [0.2, 0.25) is 0 Å². The maximum absolute atomic E-state index is 12.4. The van der Waals surface area contributed by atoms with Gasteiger partial charge in [-0.25, -0.2) is 4.79 Å². The van der Waals surface area contributed by atoms with E-state index in [1.54, 1.807) is 4.90 Å². The number of carbonyl (C=O) groups excluding carboxylic acids is 1. The van der Waals surface area contributed by atoms with Crippen molar-refractivity contribution in [3.8, 4) is 0 Å². The molecule has 23 heavy (non-hydrogen) atoms. The first-order valence-electron chi connectivity index (χ1n) is 8.36. The van der Waals surface area contributed by atoms with Crippen molar-refractivity contribution in [3.63, 3.8) is 0 Å². The van der Waals surface area contributed by atoms with Crippen LogP contribution in [0, 0.1) is 0 Å². The molecule has 0 heterocycles. The lowest BCUT2D eigenvalue weighted by Crippen LogP contribution is -2.46. The summed E-state index contributed by atoms with van der Waals surface area (Å²) in [4.78, 5) is 16.4. The number of aliphatic hydroxyl groups is 1. The van der Waals surface area contributed by atoms with Crippen LogP contribution in [0.1, 0.15) is 31.2 Å². The minimum absolute atomic E-state index is 0.0337. The molecule has 128 valence electrons. The third-order valence-electron chi connectivity index (χ3n) is 4.62. The second-order valence-corrected chi connectivity index (χ2v) is 6.38. The lowest BCUT2D eigenvalue weighted by Gasteiger charge is -2.38. The van der Waals surface area contributed by atoms with E-state index in [9.17, 15) is 9.90 Å². The summed E-state index contributed by atoms with van der Waals surface area (Å²) >= 11 is 0. The monoisotopic (exact) mass is 320 g/mol. The molecule has 1 saturated carbocycles. The molecule has 0 spiro atoms. The zero-order valence-corrected chi connectivity index (χ0v) is 14.1. The van der Waals surface area contributed by atoms with Crippen LogP contribution >= 0.6 is 0 Å². The largest absolute Gasteiger partial charge is 0.445 e. The first-order chi connectivity index (χ1) is 11.1. The molecule has 0 bridgehead atoms. The second kappa shape index (κ2) is 8.89. The van der Waals surface area contributed by atoms with Gasteiger partial charge in [-0.05, 0) is 45.3 Å².